The van der Waals surface area contributed by atoms with E-state index < -0.39 is 11.7 Å². The van der Waals surface area contributed by atoms with E-state index in [0.29, 0.717) is 53.4 Å². The third-order valence-corrected chi connectivity index (χ3v) is 9.98. The predicted molar refractivity (Wildman–Crippen MR) is 184 cm³/mol. The maximum Gasteiger partial charge on any atom is 0.434 e. The Kier molecular flexibility index (Phi) is 9.29. The number of rotatable bonds is 9. The van der Waals surface area contributed by atoms with Gasteiger partial charge < -0.3 is 14.5 Å². The summed E-state index contributed by atoms with van der Waals surface area (Å²) < 4.78 is 50.8. The van der Waals surface area contributed by atoms with Gasteiger partial charge in [0.15, 0.2) is 5.82 Å². The average Bonchev–Trinajstić information content (AvgIpc) is 3.71. The molecule has 13 heteroatoms. The minimum Gasteiger partial charge on any atom is -0.443 e. The Bertz CT molecular complexity index is 1960. The number of alkyl halides is 2. The molecule has 3 aliphatic rings. The molecule has 49 heavy (non-hydrogen) atoms. The van der Waals surface area contributed by atoms with Crippen LogP contribution in [0.2, 0.25) is 5.02 Å². The van der Waals surface area contributed by atoms with Gasteiger partial charge in [-0.25, -0.2) is 17.7 Å². The van der Waals surface area contributed by atoms with Crippen molar-refractivity contribution in [2.75, 3.05) is 60.0 Å². The van der Waals surface area contributed by atoms with E-state index in [4.69, 9.17) is 21.3 Å². The number of aromatic nitrogens is 3. The summed E-state index contributed by atoms with van der Waals surface area (Å²) in [7, 11) is 3.89. The molecule has 256 valence electrons. The topological polar surface area (TPSA) is 77.7 Å². The van der Waals surface area contributed by atoms with Gasteiger partial charge in [-0.15, -0.1) is 0 Å². The molecule has 0 aliphatic carbocycles. The van der Waals surface area contributed by atoms with Gasteiger partial charge in [-0.3, -0.25) is 14.7 Å². The Morgan fingerprint density at radius 1 is 1.14 bits per heavy atom. The number of amides is 1. The van der Waals surface area contributed by atoms with Gasteiger partial charge in [0, 0.05) is 64.8 Å². The van der Waals surface area contributed by atoms with Crippen LogP contribution in [0, 0.1) is 11.7 Å². The van der Waals surface area contributed by atoms with Crippen LogP contribution in [0.4, 0.5) is 19.0 Å². The van der Waals surface area contributed by atoms with Gasteiger partial charge in [-0.1, -0.05) is 48.0 Å². The number of ether oxygens (including phenoxy) is 1. The Balaban J connectivity index is 1.18. The number of carbonyl (C=O) groups is 1. The van der Waals surface area contributed by atoms with E-state index in [9.17, 15) is 13.6 Å². The standard InChI is InChI=1S/C36H38ClF3N7O2/c1-44-14-5-9-25(44)20-49-35-42-33-27(17-41-32(31(33)38)26-10-3-7-24-8-4-11-28(37)30(24)26)34(43-35)45(2)18-23-13-16-47(19-23)29(48)12-6-15-46-21-36(39,40)22-46/h3-4,6-8,10-12,17-18,23,25H,5,9,13-16,19-22H2,1-2H3/q+1/b12-6+,45-18?/t23?,25-/m0/s1. The van der Waals surface area contributed by atoms with Crippen LogP contribution in [0.1, 0.15) is 19.3 Å². The largest absolute Gasteiger partial charge is 0.443 e. The summed E-state index contributed by atoms with van der Waals surface area (Å²) in [6, 6.07) is 11.4. The van der Waals surface area contributed by atoms with E-state index in [-0.39, 0.29) is 48.2 Å². The molecule has 3 fully saturated rings. The van der Waals surface area contributed by atoms with Gasteiger partial charge in [0.25, 0.3) is 5.92 Å². The van der Waals surface area contributed by atoms with Crippen LogP contribution in [0.5, 0.6) is 6.01 Å². The lowest BCUT2D eigenvalue weighted by atomic mass is 10.0. The molecule has 3 aliphatic heterocycles. The van der Waals surface area contributed by atoms with E-state index in [1.54, 1.807) is 34.2 Å². The second-order valence-corrected chi connectivity index (χ2v) is 13.7. The maximum absolute atomic E-state index is 16.6. The molecule has 7 rings (SSSR count). The van der Waals surface area contributed by atoms with Crippen molar-refractivity contribution in [2.24, 2.45) is 5.92 Å². The van der Waals surface area contributed by atoms with Gasteiger partial charge >= 0.3 is 11.8 Å². The summed E-state index contributed by atoms with van der Waals surface area (Å²) in [5.41, 5.74) is 0.775. The van der Waals surface area contributed by atoms with Gasteiger partial charge in [-0.2, -0.15) is 4.98 Å². The summed E-state index contributed by atoms with van der Waals surface area (Å²) in [5, 5.41) is 2.49. The molecule has 0 saturated carbocycles. The van der Waals surface area contributed by atoms with Crippen molar-refractivity contribution in [2.45, 2.75) is 31.2 Å². The predicted octanol–water partition coefficient (Wildman–Crippen LogP) is 5.81. The van der Waals surface area contributed by atoms with Crippen molar-refractivity contribution in [1.29, 1.82) is 0 Å². The zero-order chi connectivity index (χ0) is 34.3. The number of likely N-dealkylation sites (tertiary alicyclic amines) is 3. The lowest BCUT2D eigenvalue weighted by Crippen LogP contribution is -2.55. The maximum atomic E-state index is 16.6. The minimum atomic E-state index is -2.63. The number of benzene rings is 2. The van der Waals surface area contributed by atoms with E-state index in [0.717, 1.165) is 31.2 Å². The molecule has 0 N–H and O–H groups in total. The van der Waals surface area contributed by atoms with Crippen molar-refractivity contribution in [3.8, 4) is 17.3 Å². The van der Waals surface area contributed by atoms with Crippen molar-refractivity contribution >= 4 is 51.2 Å². The second kappa shape index (κ2) is 13.6. The highest BCUT2D eigenvalue weighted by atomic mass is 35.5. The molecule has 2 aromatic carbocycles. The highest BCUT2D eigenvalue weighted by Crippen LogP contribution is 2.37. The fraction of sp³-hybridized carbons (Fsp3) is 0.417. The van der Waals surface area contributed by atoms with Crippen molar-refractivity contribution in [3.63, 3.8) is 0 Å². The number of likely N-dealkylation sites (N-methyl/N-ethyl adjacent to an activating group) is 1. The second-order valence-electron chi connectivity index (χ2n) is 13.3. The van der Waals surface area contributed by atoms with Crippen molar-refractivity contribution in [3.05, 3.63) is 65.6 Å². The van der Waals surface area contributed by atoms with Crippen molar-refractivity contribution in [1.82, 2.24) is 29.7 Å². The Labute approximate surface area is 287 Å². The number of nitrogens with zero attached hydrogens (tertiary/aromatic N) is 7. The molecule has 0 radical (unpaired) electrons. The molecule has 2 atom stereocenters. The highest BCUT2D eigenvalue weighted by Gasteiger charge is 2.43. The number of pyridine rings is 1. The van der Waals surface area contributed by atoms with Gasteiger partial charge in [0.05, 0.1) is 26.4 Å². The van der Waals surface area contributed by atoms with E-state index in [1.165, 1.54) is 6.08 Å². The van der Waals surface area contributed by atoms with Crippen LogP contribution >= 0.6 is 11.6 Å². The fourth-order valence-electron chi connectivity index (χ4n) is 7.04. The molecular formula is C36H38ClF3N7O2+. The monoisotopic (exact) mass is 692 g/mol. The summed E-state index contributed by atoms with van der Waals surface area (Å²) >= 11 is 6.59. The van der Waals surface area contributed by atoms with Crippen molar-refractivity contribution < 1.29 is 27.3 Å². The van der Waals surface area contributed by atoms with Crippen LogP contribution in [0.15, 0.2) is 54.7 Å². The minimum absolute atomic E-state index is 0.00727. The molecule has 4 aromatic rings. The SMILES string of the molecule is CN1CCC[C@H]1COc1nc([N+](C)=CC2CCN(C(=O)/C=C/CN3CC(F)(F)C3)C2)c2cnc(-c3cccc4cccc(Cl)c34)c(F)c2n1. The first kappa shape index (κ1) is 33.4. The Hall–Kier alpha value is -4.13. The van der Waals surface area contributed by atoms with E-state index in [1.807, 2.05) is 42.1 Å². The lowest BCUT2D eigenvalue weighted by Gasteiger charge is -2.37. The first-order valence-electron chi connectivity index (χ1n) is 16.6. The van der Waals surface area contributed by atoms with Crippen LogP contribution in [-0.4, -0.2) is 118 Å². The Morgan fingerprint density at radius 2 is 1.94 bits per heavy atom. The first-order chi connectivity index (χ1) is 23.6. The van der Waals surface area contributed by atoms with E-state index >= 15 is 4.39 Å². The molecule has 0 bridgehead atoms. The quantitative estimate of drug-likeness (QED) is 0.125. The smallest absolute Gasteiger partial charge is 0.434 e. The highest BCUT2D eigenvalue weighted by molar-refractivity contribution is 6.36. The summed E-state index contributed by atoms with van der Waals surface area (Å²) in [6.45, 7) is 2.16. The van der Waals surface area contributed by atoms with Crippen LogP contribution in [0.3, 0.4) is 0 Å². The zero-order valence-electron chi connectivity index (χ0n) is 27.5. The molecule has 5 heterocycles. The van der Waals surface area contributed by atoms with Crippen LogP contribution in [0.25, 0.3) is 32.9 Å². The number of hydrogen-bond acceptors (Lipinski definition) is 7. The molecular weight excluding hydrogens is 655 g/mol. The van der Waals surface area contributed by atoms with Gasteiger partial charge in [-0.05, 0) is 44.3 Å². The third kappa shape index (κ3) is 6.99. The van der Waals surface area contributed by atoms with Gasteiger partial charge in [0.1, 0.15) is 23.2 Å². The summed E-state index contributed by atoms with van der Waals surface area (Å²) in [6.07, 6.45) is 9.46. The summed E-state index contributed by atoms with van der Waals surface area (Å²) in [4.78, 5) is 32.3. The molecule has 2 aromatic heterocycles. The molecule has 9 nitrogen and oxygen atoms in total. The average molecular weight is 693 g/mol. The number of fused-ring (bicyclic) bond motifs is 2. The first-order valence-corrected chi connectivity index (χ1v) is 16.9. The number of halogens is 4. The number of carbonyl (C=O) groups excluding carboxylic acids is 1. The Morgan fingerprint density at radius 3 is 2.69 bits per heavy atom. The molecule has 1 amide bonds. The normalized spacial score (nSPS) is 21.7. The fourth-order valence-corrected chi connectivity index (χ4v) is 7.32. The molecule has 1 unspecified atom stereocenters. The van der Waals surface area contributed by atoms with Crippen LogP contribution in [-0.2, 0) is 4.79 Å². The number of hydrogen-bond donors (Lipinski definition) is 0. The van der Waals surface area contributed by atoms with Gasteiger partial charge in [0.2, 0.25) is 5.91 Å². The molecule has 0 spiro atoms. The zero-order valence-corrected chi connectivity index (χ0v) is 28.2. The summed E-state index contributed by atoms with van der Waals surface area (Å²) in [5.74, 6) is -2.95. The molecule has 3 saturated heterocycles. The third-order valence-electron chi connectivity index (χ3n) is 9.67. The van der Waals surface area contributed by atoms with E-state index in [2.05, 4.69) is 21.9 Å². The van der Waals surface area contributed by atoms with Crippen LogP contribution < -0.4 is 4.74 Å². The lowest BCUT2D eigenvalue weighted by molar-refractivity contribution is -0.405.